The highest BCUT2D eigenvalue weighted by atomic mass is 35.5. The van der Waals surface area contributed by atoms with E-state index >= 15 is 0 Å². The normalized spacial score (nSPS) is 11.3. The van der Waals surface area contributed by atoms with Crippen LogP contribution < -0.4 is 10.7 Å². The number of carbonyl (C=O) groups excluding carboxylic acids is 1. The molecule has 1 aromatic heterocycles. The quantitative estimate of drug-likeness (QED) is 0.697. The Labute approximate surface area is 162 Å². The summed E-state index contributed by atoms with van der Waals surface area (Å²) in [6.45, 7) is 1.65. The Balaban J connectivity index is 1.97. The van der Waals surface area contributed by atoms with E-state index in [9.17, 15) is 22.8 Å². The summed E-state index contributed by atoms with van der Waals surface area (Å²) in [4.78, 5) is 24.7. The molecule has 0 unspecified atom stereocenters. The van der Waals surface area contributed by atoms with Crippen molar-refractivity contribution in [1.29, 1.82) is 0 Å². The molecule has 28 heavy (non-hydrogen) atoms. The Morgan fingerprint density at radius 1 is 1.11 bits per heavy atom. The number of para-hydroxylation sites is 1. The van der Waals surface area contributed by atoms with Gasteiger partial charge in [0.15, 0.2) is 5.69 Å². The van der Waals surface area contributed by atoms with Gasteiger partial charge in [0.2, 0.25) is 5.43 Å². The lowest BCUT2D eigenvalue weighted by Gasteiger charge is -2.13. The molecular weight excluding hydrogens is 395 g/mol. The predicted octanol–water partition coefficient (Wildman–Crippen LogP) is 4.47. The SMILES string of the molecule is Cc1cc(=O)c(C(=O)Nc2ccc(Cl)c(C(F)(F)F)c2)nn1-c1ccccc1. The third-order valence-corrected chi connectivity index (χ3v) is 4.18. The van der Waals surface area contributed by atoms with Gasteiger partial charge in [0, 0.05) is 17.4 Å². The highest BCUT2D eigenvalue weighted by Crippen LogP contribution is 2.36. The zero-order chi connectivity index (χ0) is 20.5. The van der Waals surface area contributed by atoms with Gasteiger partial charge in [0.25, 0.3) is 5.91 Å². The largest absolute Gasteiger partial charge is 0.417 e. The Bertz CT molecular complexity index is 1100. The van der Waals surface area contributed by atoms with E-state index in [0.717, 1.165) is 6.07 Å². The lowest BCUT2D eigenvalue weighted by atomic mass is 10.2. The number of amides is 1. The number of alkyl halides is 3. The van der Waals surface area contributed by atoms with Gasteiger partial charge in [0.1, 0.15) is 0 Å². The van der Waals surface area contributed by atoms with Gasteiger partial charge in [-0.05, 0) is 37.3 Å². The third kappa shape index (κ3) is 4.07. The third-order valence-electron chi connectivity index (χ3n) is 3.85. The molecule has 1 amide bonds. The Morgan fingerprint density at radius 2 is 1.79 bits per heavy atom. The van der Waals surface area contributed by atoms with Crippen LogP contribution in [0.1, 0.15) is 21.7 Å². The zero-order valence-electron chi connectivity index (χ0n) is 14.4. The molecule has 0 atom stereocenters. The van der Waals surface area contributed by atoms with Gasteiger partial charge in [-0.1, -0.05) is 29.8 Å². The van der Waals surface area contributed by atoms with Gasteiger partial charge < -0.3 is 5.32 Å². The number of hydrogen-bond donors (Lipinski definition) is 1. The van der Waals surface area contributed by atoms with Crippen molar-refractivity contribution >= 4 is 23.2 Å². The fourth-order valence-corrected chi connectivity index (χ4v) is 2.77. The molecule has 0 bridgehead atoms. The smallest absolute Gasteiger partial charge is 0.320 e. The first-order valence-electron chi connectivity index (χ1n) is 8.01. The molecule has 0 spiro atoms. The van der Waals surface area contributed by atoms with Crippen LogP contribution in [0.15, 0.2) is 59.4 Å². The molecular formula is C19H13ClF3N3O2. The van der Waals surface area contributed by atoms with Crippen molar-refractivity contribution in [1.82, 2.24) is 9.78 Å². The fourth-order valence-electron chi connectivity index (χ4n) is 2.55. The molecule has 144 valence electrons. The number of anilines is 1. The monoisotopic (exact) mass is 407 g/mol. The summed E-state index contributed by atoms with van der Waals surface area (Å²) in [5, 5.41) is 5.84. The standard InChI is InChI=1S/C19H13ClF3N3O2/c1-11-9-16(27)17(25-26(11)13-5-3-2-4-6-13)18(28)24-12-7-8-15(20)14(10-12)19(21,22)23/h2-10H,1H3,(H,24,28). The second-order valence-corrected chi connectivity index (χ2v) is 6.30. The van der Waals surface area contributed by atoms with Gasteiger partial charge in [-0.25, -0.2) is 4.68 Å². The van der Waals surface area contributed by atoms with Crippen LogP contribution >= 0.6 is 11.6 Å². The van der Waals surface area contributed by atoms with E-state index < -0.39 is 33.8 Å². The minimum absolute atomic E-state index is 0.158. The molecule has 0 aliphatic carbocycles. The maximum absolute atomic E-state index is 13.0. The summed E-state index contributed by atoms with van der Waals surface area (Å²) < 4.78 is 40.3. The van der Waals surface area contributed by atoms with E-state index in [-0.39, 0.29) is 5.69 Å². The van der Waals surface area contributed by atoms with Crippen LogP contribution in [0, 0.1) is 6.92 Å². The maximum Gasteiger partial charge on any atom is 0.417 e. The molecule has 0 saturated carbocycles. The van der Waals surface area contributed by atoms with Crippen molar-refractivity contribution in [2.24, 2.45) is 0 Å². The minimum atomic E-state index is -4.68. The van der Waals surface area contributed by atoms with Crippen LogP contribution in [0.4, 0.5) is 18.9 Å². The number of rotatable bonds is 3. The van der Waals surface area contributed by atoms with Gasteiger partial charge >= 0.3 is 6.18 Å². The summed E-state index contributed by atoms with van der Waals surface area (Å²) in [5.74, 6) is -0.926. The van der Waals surface area contributed by atoms with Crippen molar-refractivity contribution in [3.63, 3.8) is 0 Å². The average molecular weight is 408 g/mol. The molecule has 5 nitrogen and oxygen atoms in total. The van der Waals surface area contributed by atoms with Crippen LogP contribution in [-0.4, -0.2) is 15.7 Å². The average Bonchev–Trinajstić information content (AvgIpc) is 2.63. The topological polar surface area (TPSA) is 64.0 Å². The molecule has 0 fully saturated rings. The van der Waals surface area contributed by atoms with Crippen molar-refractivity contribution in [3.8, 4) is 5.69 Å². The molecule has 0 saturated heterocycles. The number of aromatic nitrogens is 2. The van der Waals surface area contributed by atoms with Gasteiger partial charge in [0.05, 0.1) is 16.3 Å². The van der Waals surface area contributed by atoms with Gasteiger partial charge in [-0.15, -0.1) is 0 Å². The van der Waals surface area contributed by atoms with E-state index in [2.05, 4.69) is 10.4 Å². The van der Waals surface area contributed by atoms with Gasteiger partial charge in [-0.3, -0.25) is 9.59 Å². The molecule has 1 heterocycles. The second-order valence-electron chi connectivity index (χ2n) is 5.89. The van der Waals surface area contributed by atoms with E-state index in [1.54, 1.807) is 37.3 Å². The second kappa shape index (κ2) is 7.47. The first kappa shape index (κ1) is 19.6. The first-order valence-corrected chi connectivity index (χ1v) is 8.39. The van der Waals surface area contributed by atoms with Crippen molar-refractivity contribution in [2.75, 3.05) is 5.32 Å². The van der Waals surface area contributed by atoms with E-state index in [4.69, 9.17) is 11.6 Å². The molecule has 1 N–H and O–H groups in total. The van der Waals surface area contributed by atoms with Gasteiger partial charge in [-0.2, -0.15) is 18.3 Å². The number of nitrogens with one attached hydrogen (secondary N) is 1. The van der Waals surface area contributed by atoms with Crippen molar-refractivity contribution < 1.29 is 18.0 Å². The van der Waals surface area contributed by atoms with Crippen LogP contribution in [0.3, 0.4) is 0 Å². The number of hydrogen-bond acceptors (Lipinski definition) is 3. The van der Waals surface area contributed by atoms with E-state index in [1.165, 1.54) is 16.8 Å². The fraction of sp³-hybridized carbons (Fsp3) is 0.105. The van der Waals surface area contributed by atoms with E-state index in [1.807, 2.05) is 0 Å². The summed E-state index contributed by atoms with van der Waals surface area (Å²) in [5.41, 5.74) is -1.22. The summed E-state index contributed by atoms with van der Waals surface area (Å²) in [7, 11) is 0. The molecule has 0 aliphatic heterocycles. The summed E-state index contributed by atoms with van der Waals surface area (Å²) >= 11 is 5.57. The zero-order valence-corrected chi connectivity index (χ0v) is 15.2. The van der Waals surface area contributed by atoms with Crippen LogP contribution in [0.25, 0.3) is 5.69 Å². The Morgan fingerprint density at radius 3 is 2.43 bits per heavy atom. The molecule has 0 radical (unpaired) electrons. The minimum Gasteiger partial charge on any atom is -0.320 e. The summed E-state index contributed by atoms with van der Waals surface area (Å²) in [6, 6.07) is 13.0. The lowest BCUT2D eigenvalue weighted by molar-refractivity contribution is -0.137. The number of aryl methyl sites for hydroxylation is 1. The molecule has 3 rings (SSSR count). The van der Waals surface area contributed by atoms with Crippen molar-refractivity contribution in [2.45, 2.75) is 13.1 Å². The van der Waals surface area contributed by atoms with E-state index in [0.29, 0.717) is 17.4 Å². The lowest BCUT2D eigenvalue weighted by Crippen LogP contribution is -2.27. The highest BCUT2D eigenvalue weighted by molar-refractivity contribution is 6.31. The first-order chi connectivity index (χ1) is 13.2. The highest BCUT2D eigenvalue weighted by Gasteiger charge is 2.33. The summed E-state index contributed by atoms with van der Waals surface area (Å²) in [6.07, 6.45) is -4.68. The number of benzene rings is 2. The Kier molecular flexibility index (Phi) is 5.24. The Hall–Kier alpha value is -3.13. The number of nitrogens with zero attached hydrogens (tertiary/aromatic N) is 2. The molecule has 0 aliphatic rings. The molecule has 9 heteroatoms. The maximum atomic E-state index is 13.0. The predicted molar refractivity (Wildman–Crippen MR) is 99.0 cm³/mol. The van der Waals surface area contributed by atoms with Crippen LogP contribution in [0.5, 0.6) is 0 Å². The number of halogens is 4. The molecule has 2 aromatic carbocycles. The van der Waals surface area contributed by atoms with Crippen LogP contribution in [0.2, 0.25) is 5.02 Å². The number of carbonyl (C=O) groups is 1. The molecule has 3 aromatic rings. The van der Waals surface area contributed by atoms with Crippen LogP contribution in [-0.2, 0) is 6.18 Å². The van der Waals surface area contributed by atoms with Crippen molar-refractivity contribution in [3.05, 3.63) is 86.8 Å².